The van der Waals surface area contributed by atoms with Gasteiger partial charge in [0.2, 0.25) is 5.88 Å². The number of aromatic nitrogens is 3. The fourth-order valence-electron chi connectivity index (χ4n) is 1.92. The van der Waals surface area contributed by atoms with E-state index in [0.29, 0.717) is 5.88 Å². The van der Waals surface area contributed by atoms with Crippen LogP contribution in [0.2, 0.25) is 0 Å². The number of pyridine rings is 1. The van der Waals surface area contributed by atoms with Crippen molar-refractivity contribution in [2.75, 3.05) is 31.4 Å². The number of anilines is 2. The molecule has 1 unspecified atom stereocenters. The van der Waals surface area contributed by atoms with E-state index in [1.807, 2.05) is 32.0 Å². The lowest BCUT2D eigenvalue weighted by atomic mass is 10.2. The van der Waals surface area contributed by atoms with Crippen LogP contribution in [0.4, 0.5) is 11.4 Å². The Balaban J connectivity index is 2.32. The van der Waals surface area contributed by atoms with Crippen LogP contribution < -0.4 is 15.0 Å². The van der Waals surface area contributed by atoms with Crippen molar-refractivity contribution in [1.29, 1.82) is 0 Å². The van der Waals surface area contributed by atoms with Crippen molar-refractivity contribution >= 4 is 11.4 Å². The predicted molar refractivity (Wildman–Crippen MR) is 79.2 cm³/mol. The summed E-state index contributed by atoms with van der Waals surface area (Å²) in [5, 5.41) is 3.40. The molecule has 2 rings (SSSR count). The molecule has 0 aliphatic heterocycles. The Labute approximate surface area is 118 Å². The molecule has 6 heteroatoms. The molecule has 0 spiro atoms. The largest absolute Gasteiger partial charge is 0.479 e. The second-order valence-corrected chi connectivity index (χ2v) is 4.61. The van der Waals surface area contributed by atoms with E-state index in [9.17, 15) is 0 Å². The zero-order chi connectivity index (χ0) is 14.5. The number of hydrogen-bond acceptors (Lipinski definition) is 6. The number of rotatable bonds is 5. The van der Waals surface area contributed by atoms with E-state index in [1.165, 1.54) is 0 Å². The Morgan fingerprint density at radius 1 is 1.20 bits per heavy atom. The molecule has 0 aliphatic rings. The van der Waals surface area contributed by atoms with Gasteiger partial charge in [0.05, 0.1) is 30.7 Å². The van der Waals surface area contributed by atoms with Gasteiger partial charge in [-0.25, -0.2) is 4.98 Å². The molecule has 1 atom stereocenters. The zero-order valence-corrected chi connectivity index (χ0v) is 12.2. The standard InChI is InChI=1S/C14H19N5O/c1-10(11-9-15-7-8-16-11)18-13-12(19(2)3)5-6-17-14(13)20-4/h5-10,18H,1-4H3. The highest BCUT2D eigenvalue weighted by atomic mass is 16.5. The van der Waals surface area contributed by atoms with E-state index in [-0.39, 0.29) is 6.04 Å². The van der Waals surface area contributed by atoms with E-state index in [0.717, 1.165) is 17.1 Å². The Morgan fingerprint density at radius 3 is 2.60 bits per heavy atom. The third-order valence-electron chi connectivity index (χ3n) is 2.96. The van der Waals surface area contributed by atoms with Crippen molar-refractivity contribution in [3.8, 4) is 5.88 Å². The van der Waals surface area contributed by atoms with Crippen LogP contribution in [0.15, 0.2) is 30.9 Å². The minimum atomic E-state index is 0.000463. The van der Waals surface area contributed by atoms with Gasteiger partial charge in [0.15, 0.2) is 0 Å². The van der Waals surface area contributed by atoms with Crippen LogP contribution in [-0.4, -0.2) is 36.2 Å². The molecule has 2 aromatic heterocycles. The van der Waals surface area contributed by atoms with Gasteiger partial charge in [0.1, 0.15) is 5.69 Å². The van der Waals surface area contributed by atoms with Crippen molar-refractivity contribution < 1.29 is 4.74 Å². The highest BCUT2D eigenvalue weighted by Crippen LogP contribution is 2.34. The van der Waals surface area contributed by atoms with E-state index in [1.54, 1.807) is 31.9 Å². The quantitative estimate of drug-likeness (QED) is 0.900. The van der Waals surface area contributed by atoms with E-state index < -0.39 is 0 Å². The molecule has 106 valence electrons. The average Bonchev–Trinajstić information content (AvgIpc) is 2.48. The number of hydrogen-bond donors (Lipinski definition) is 1. The summed E-state index contributed by atoms with van der Waals surface area (Å²) in [4.78, 5) is 14.6. The first-order valence-corrected chi connectivity index (χ1v) is 6.36. The summed E-state index contributed by atoms with van der Waals surface area (Å²) >= 11 is 0. The van der Waals surface area contributed by atoms with Gasteiger partial charge in [-0.3, -0.25) is 9.97 Å². The lowest BCUT2D eigenvalue weighted by molar-refractivity contribution is 0.399. The Morgan fingerprint density at radius 2 is 2.00 bits per heavy atom. The molecule has 20 heavy (non-hydrogen) atoms. The first kappa shape index (κ1) is 14.0. The molecule has 1 N–H and O–H groups in total. The summed E-state index contributed by atoms with van der Waals surface area (Å²) in [7, 11) is 5.57. The number of nitrogens with one attached hydrogen (secondary N) is 1. The number of methoxy groups -OCH3 is 1. The number of nitrogens with zero attached hydrogens (tertiary/aromatic N) is 4. The van der Waals surface area contributed by atoms with Crippen LogP contribution in [0.3, 0.4) is 0 Å². The Bertz CT molecular complexity index is 559. The smallest absolute Gasteiger partial charge is 0.239 e. The molecule has 0 amide bonds. The molecule has 2 heterocycles. The monoisotopic (exact) mass is 273 g/mol. The second kappa shape index (κ2) is 6.18. The summed E-state index contributed by atoms with van der Waals surface area (Å²) in [5.41, 5.74) is 2.72. The van der Waals surface area contributed by atoms with Gasteiger partial charge in [-0.05, 0) is 13.0 Å². The first-order valence-electron chi connectivity index (χ1n) is 6.36. The summed E-state index contributed by atoms with van der Waals surface area (Å²) in [6, 6.07) is 1.94. The third-order valence-corrected chi connectivity index (χ3v) is 2.96. The second-order valence-electron chi connectivity index (χ2n) is 4.61. The number of ether oxygens (including phenoxy) is 1. The molecule has 0 bridgehead atoms. The first-order chi connectivity index (χ1) is 9.63. The van der Waals surface area contributed by atoms with Crippen LogP contribution >= 0.6 is 0 Å². The van der Waals surface area contributed by atoms with Gasteiger partial charge >= 0.3 is 0 Å². The van der Waals surface area contributed by atoms with Crippen LogP contribution in [0, 0.1) is 0 Å². The van der Waals surface area contributed by atoms with Crippen molar-refractivity contribution in [3.05, 3.63) is 36.5 Å². The topological polar surface area (TPSA) is 63.2 Å². The molecule has 0 aliphatic carbocycles. The lowest BCUT2D eigenvalue weighted by Gasteiger charge is -2.22. The van der Waals surface area contributed by atoms with Gasteiger partial charge in [0.25, 0.3) is 0 Å². The van der Waals surface area contributed by atoms with Crippen molar-refractivity contribution in [3.63, 3.8) is 0 Å². The van der Waals surface area contributed by atoms with Gasteiger partial charge in [-0.2, -0.15) is 0 Å². The zero-order valence-electron chi connectivity index (χ0n) is 12.2. The highest BCUT2D eigenvalue weighted by Gasteiger charge is 2.16. The third kappa shape index (κ3) is 2.96. The van der Waals surface area contributed by atoms with Gasteiger partial charge in [0, 0.05) is 32.7 Å². The molecule has 0 saturated heterocycles. The van der Waals surface area contributed by atoms with E-state index >= 15 is 0 Å². The SMILES string of the molecule is COc1nccc(N(C)C)c1NC(C)c1cnccn1. The van der Waals surface area contributed by atoms with Crippen LogP contribution in [0.5, 0.6) is 5.88 Å². The normalized spacial score (nSPS) is 11.8. The Kier molecular flexibility index (Phi) is 4.34. The maximum Gasteiger partial charge on any atom is 0.239 e. The van der Waals surface area contributed by atoms with Crippen LogP contribution in [0.25, 0.3) is 0 Å². The van der Waals surface area contributed by atoms with Crippen LogP contribution in [-0.2, 0) is 0 Å². The van der Waals surface area contributed by atoms with Gasteiger partial charge in [-0.1, -0.05) is 0 Å². The van der Waals surface area contributed by atoms with Gasteiger partial charge in [-0.15, -0.1) is 0 Å². The molecule has 0 radical (unpaired) electrons. The molecule has 6 nitrogen and oxygen atoms in total. The fourth-order valence-corrected chi connectivity index (χ4v) is 1.92. The van der Waals surface area contributed by atoms with E-state index in [4.69, 9.17) is 4.74 Å². The minimum Gasteiger partial charge on any atom is -0.479 e. The van der Waals surface area contributed by atoms with E-state index in [2.05, 4.69) is 20.3 Å². The Hall–Kier alpha value is -2.37. The molecular formula is C14H19N5O. The summed E-state index contributed by atoms with van der Waals surface area (Å²) in [6.45, 7) is 2.02. The van der Waals surface area contributed by atoms with Crippen molar-refractivity contribution in [2.45, 2.75) is 13.0 Å². The summed E-state index contributed by atoms with van der Waals surface area (Å²) < 4.78 is 5.34. The highest BCUT2D eigenvalue weighted by molar-refractivity contribution is 5.74. The molecule has 0 fully saturated rings. The molecule has 0 aromatic carbocycles. The molecular weight excluding hydrogens is 254 g/mol. The predicted octanol–water partition coefficient (Wildman–Crippen LogP) is 2.12. The maximum absolute atomic E-state index is 5.34. The summed E-state index contributed by atoms with van der Waals surface area (Å²) in [5.74, 6) is 0.562. The minimum absolute atomic E-state index is 0.000463. The van der Waals surface area contributed by atoms with Crippen LogP contribution in [0.1, 0.15) is 18.7 Å². The van der Waals surface area contributed by atoms with Gasteiger partial charge < -0.3 is 15.0 Å². The maximum atomic E-state index is 5.34. The molecule has 0 saturated carbocycles. The lowest BCUT2D eigenvalue weighted by Crippen LogP contribution is -2.16. The van der Waals surface area contributed by atoms with Crippen molar-refractivity contribution in [2.24, 2.45) is 0 Å². The van der Waals surface area contributed by atoms with Crippen molar-refractivity contribution in [1.82, 2.24) is 15.0 Å². The average molecular weight is 273 g/mol. The summed E-state index contributed by atoms with van der Waals surface area (Å²) in [6.07, 6.45) is 6.81. The molecule has 2 aromatic rings. The fraction of sp³-hybridized carbons (Fsp3) is 0.357.